The Hall–Kier alpha value is -2.07. The molecule has 1 aliphatic rings. The van der Waals surface area contributed by atoms with E-state index in [1.165, 1.54) is 5.56 Å². The second-order valence-corrected chi connectivity index (χ2v) is 7.32. The van der Waals surface area contributed by atoms with Crippen LogP contribution in [0.25, 0.3) is 11.3 Å². The average molecular weight is 313 g/mol. The molecule has 4 heteroatoms. The van der Waals surface area contributed by atoms with Crippen LogP contribution in [-0.4, -0.2) is 29.1 Å². The van der Waals surface area contributed by atoms with Gasteiger partial charge in [-0.25, -0.2) is 0 Å². The molecule has 1 N–H and O–H groups in total. The number of rotatable bonds is 4. The first-order valence-electron chi connectivity index (χ1n) is 7.98. The second-order valence-electron chi connectivity index (χ2n) is 7.32. The van der Waals surface area contributed by atoms with Crippen molar-refractivity contribution in [3.63, 3.8) is 0 Å². The molecule has 0 aliphatic carbocycles. The summed E-state index contributed by atoms with van der Waals surface area (Å²) in [6, 6.07) is 12.4. The van der Waals surface area contributed by atoms with Crippen LogP contribution in [0.5, 0.6) is 0 Å². The van der Waals surface area contributed by atoms with E-state index < -0.39 is 5.97 Å². The lowest BCUT2D eigenvalue weighted by Crippen LogP contribution is -2.49. The van der Waals surface area contributed by atoms with Gasteiger partial charge in [0.15, 0.2) is 0 Å². The first kappa shape index (κ1) is 15.8. The number of nitrogens with zero attached hydrogens (tertiary/aromatic N) is 1. The zero-order valence-electron chi connectivity index (χ0n) is 13.9. The van der Waals surface area contributed by atoms with Gasteiger partial charge in [-0.1, -0.05) is 45.0 Å². The van der Waals surface area contributed by atoms with Gasteiger partial charge < -0.3 is 9.52 Å². The Bertz CT molecular complexity index is 688. The zero-order chi connectivity index (χ0) is 16.6. The third-order valence-electron chi connectivity index (χ3n) is 4.38. The molecule has 23 heavy (non-hydrogen) atoms. The van der Waals surface area contributed by atoms with Crippen LogP contribution in [0.4, 0.5) is 0 Å². The fourth-order valence-corrected chi connectivity index (χ4v) is 2.83. The van der Waals surface area contributed by atoms with Gasteiger partial charge in [0.1, 0.15) is 11.5 Å². The molecule has 0 radical (unpaired) electrons. The number of aliphatic carboxylic acids is 1. The molecule has 0 unspecified atom stereocenters. The molecule has 4 nitrogen and oxygen atoms in total. The van der Waals surface area contributed by atoms with Crippen LogP contribution in [0.1, 0.15) is 32.1 Å². The van der Waals surface area contributed by atoms with Crippen LogP contribution in [0.3, 0.4) is 0 Å². The second kappa shape index (κ2) is 5.85. The van der Waals surface area contributed by atoms with Crippen molar-refractivity contribution in [1.29, 1.82) is 0 Å². The van der Waals surface area contributed by atoms with Gasteiger partial charge in [-0.2, -0.15) is 0 Å². The van der Waals surface area contributed by atoms with E-state index in [1.807, 2.05) is 12.1 Å². The van der Waals surface area contributed by atoms with Crippen molar-refractivity contribution < 1.29 is 14.3 Å². The Morgan fingerprint density at radius 1 is 1.17 bits per heavy atom. The van der Waals surface area contributed by atoms with Gasteiger partial charge in [-0.15, -0.1) is 0 Å². The van der Waals surface area contributed by atoms with Crippen LogP contribution in [-0.2, 0) is 16.8 Å². The van der Waals surface area contributed by atoms with Crippen molar-refractivity contribution in [2.45, 2.75) is 32.7 Å². The van der Waals surface area contributed by atoms with Crippen LogP contribution in [0.2, 0.25) is 0 Å². The summed E-state index contributed by atoms with van der Waals surface area (Å²) < 4.78 is 5.91. The predicted octanol–water partition coefficient (Wildman–Crippen LogP) is 3.76. The summed E-state index contributed by atoms with van der Waals surface area (Å²) >= 11 is 0. The number of furan rings is 1. The summed E-state index contributed by atoms with van der Waals surface area (Å²) in [6.45, 7) is 8.47. The summed E-state index contributed by atoms with van der Waals surface area (Å²) in [6.07, 6.45) is 0. The molecule has 2 heterocycles. The van der Waals surface area contributed by atoms with Crippen molar-refractivity contribution >= 4 is 5.97 Å². The van der Waals surface area contributed by atoms with Crippen LogP contribution >= 0.6 is 0 Å². The van der Waals surface area contributed by atoms with E-state index in [2.05, 4.69) is 49.9 Å². The smallest absolute Gasteiger partial charge is 0.309 e. The van der Waals surface area contributed by atoms with E-state index in [1.54, 1.807) is 0 Å². The van der Waals surface area contributed by atoms with Gasteiger partial charge >= 0.3 is 5.97 Å². The molecule has 3 rings (SSSR count). The van der Waals surface area contributed by atoms with E-state index in [4.69, 9.17) is 9.52 Å². The van der Waals surface area contributed by atoms with Crippen LogP contribution < -0.4 is 0 Å². The van der Waals surface area contributed by atoms with E-state index >= 15 is 0 Å². The Morgan fingerprint density at radius 3 is 2.39 bits per heavy atom. The van der Waals surface area contributed by atoms with Crippen LogP contribution in [0, 0.1) is 5.92 Å². The standard InChI is InChI=1S/C19H23NO3/c1-19(2,3)15-6-4-13(5-7-15)17-9-8-16(23-17)12-20-10-14(11-20)18(21)22/h4-9,14H,10-12H2,1-3H3,(H,21,22). The molecule has 1 fully saturated rings. The third-order valence-corrected chi connectivity index (χ3v) is 4.38. The molecule has 0 spiro atoms. The monoisotopic (exact) mass is 313 g/mol. The van der Waals surface area contributed by atoms with Crippen molar-refractivity contribution in [2.24, 2.45) is 5.92 Å². The minimum atomic E-state index is -0.708. The molecule has 0 bridgehead atoms. The largest absolute Gasteiger partial charge is 0.481 e. The lowest BCUT2D eigenvalue weighted by molar-refractivity contribution is -0.147. The summed E-state index contributed by atoms with van der Waals surface area (Å²) in [4.78, 5) is 12.9. The van der Waals surface area contributed by atoms with Gasteiger partial charge in [0.25, 0.3) is 0 Å². The zero-order valence-corrected chi connectivity index (χ0v) is 13.9. The SMILES string of the molecule is CC(C)(C)c1ccc(-c2ccc(CN3CC(C(=O)O)C3)o2)cc1. The summed E-state index contributed by atoms with van der Waals surface area (Å²) in [7, 11) is 0. The fourth-order valence-electron chi connectivity index (χ4n) is 2.83. The normalized spacial score (nSPS) is 16.3. The molecule has 122 valence electrons. The highest BCUT2D eigenvalue weighted by Crippen LogP contribution is 2.28. The highest BCUT2D eigenvalue weighted by atomic mass is 16.4. The van der Waals surface area contributed by atoms with E-state index in [-0.39, 0.29) is 11.3 Å². The summed E-state index contributed by atoms with van der Waals surface area (Å²) in [5.41, 5.74) is 2.51. The lowest BCUT2D eigenvalue weighted by Gasteiger charge is -2.35. The van der Waals surface area contributed by atoms with Gasteiger partial charge in [-0.3, -0.25) is 9.69 Å². The molecular formula is C19H23NO3. The van der Waals surface area contributed by atoms with E-state index in [9.17, 15) is 4.79 Å². The van der Waals surface area contributed by atoms with E-state index in [0.717, 1.165) is 17.1 Å². The number of hydrogen-bond acceptors (Lipinski definition) is 3. The number of hydrogen-bond donors (Lipinski definition) is 1. The average Bonchev–Trinajstić information content (AvgIpc) is 2.90. The minimum absolute atomic E-state index is 0.144. The lowest BCUT2D eigenvalue weighted by atomic mass is 9.86. The van der Waals surface area contributed by atoms with Gasteiger partial charge in [0, 0.05) is 18.7 Å². The van der Waals surface area contributed by atoms with Gasteiger partial charge in [0.05, 0.1) is 12.5 Å². The molecule has 0 amide bonds. The van der Waals surface area contributed by atoms with Crippen LogP contribution in [0.15, 0.2) is 40.8 Å². The Morgan fingerprint density at radius 2 is 1.83 bits per heavy atom. The number of benzene rings is 1. The van der Waals surface area contributed by atoms with Crippen molar-refractivity contribution in [2.75, 3.05) is 13.1 Å². The van der Waals surface area contributed by atoms with E-state index in [0.29, 0.717) is 19.6 Å². The topological polar surface area (TPSA) is 53.7 Å². The first-order valence-corrected chi connectivity index (χ1v) is 7.98. The quantitative estimate of drug-likeness (QED) is 0.934. The molecule has 0 atom stereocenters. The number of likely N-dealkylation sites (tertiary alicyclic amines) is 1. The van der Waals surface area contributed by atoms with Crippen molar-refractivity contribution in [3.8, 4) is 11.3 Å². The highest BCUT2D eigenvalue weighted by molar-refractivity contribution is 5.71. The molecule has 2 aromatic rings. The molecule has 0 saturated carbocycles. The van der Waals surface area contributed by atoms with Gasteiger partial charge in [0.2, 0.25) is 0 Å². The maximum atomic E-state index is 10.8. The Kier molecular flexibility index (Phi) is 4.02. The molecule has 1 aliphatic heterocycles. The maximum absolute atomic E-state index is 10.8. The number of carbonyl (C=O) groups is 1. The molecule has 1 aromatic carbocycles. The number of carboxylic acid groups (broad SMARTS) is 1. The predicted molar refractivity (Wildman–Crippen MR) is 89.2 cm³/mol. The molecule has 1 aromatic heterocycles. The minimum Gasteiger partial charge on any atom is -0.481 e. The Labute approximate surface area is 136 Å². The van der Waals surface area contributed by atoms with Crippen molar-refractivity contribution in [3.05, 3.63) is 47.7 Å². The fraction of sp³-hybridized carbons (Fsp3) is 0.421. The highest BCUT2D eigenvalue weighted by Gasteiger charge is 2.32. The van der Waals surface area contributed by atoms with Crippen molar-refractivity contribution in [1.82, 2.24) is 4.90 Å². The number of carboxylic acids is 1. The first-order chi connectivity index (χ1) is 10.8. The summed E-state index contributed by atoms with van der Waals surface area (Å²) in [5, 5.41) is 8.90. The molecular weight excluding hydrogens is 290 g/mol. The maximum Gasteiger partial charge on any atom is 0.309 e. The summed E-state index contributed by atoms with van der Waals surface area (Å²) in [5.74, 6) is 0.800. The Balaban J connectivity index is 1.64. The van der Waals surface area contributed by atoms with Gasteiger partial charge in [-0.05, 0) is 23.1 Å². The molecule has 1 saturated heterocycles. The third kappa shape index (κ3) is 3.48.